The second-order valence-corrected chi connectivity index (χ2v) is 7.46. The maximum Gasteiger partial charge on any atom is 0.255 e. The standard InChI is InChI=1S/C19H30N4O/c1-5-23(13(2)3)18-9-6-14(12-20-18)19(24)22(4)17-10-15-7-8-16(11-17)21-15/h6,9,12-13,15-17,21H,5,7-8,10-11H2,1-4H3. The minimum Gasteiger partial charge on any atom is -0.354 e. The summed E-state index contributed by atoms with van der Waals surface area (Å²) >= 11 is 0. The second kappa shape index (κ2) is 7.09. The van der Waals surface area contributed by atoms with E-state index >= 15 is 0 Å². The van der Waals surface area contributed by atoms with Crippen LogP contribution in [0.2, 0.25) is 0 Å². The molecule has 2 bridgehead atoms. The van der Waals surface area contributed by atoms with Gasteiger partial charge in [0.25, 0.3) is 5.91 Å². The second-order valence-electron chi connectivity index (χ2n) is 7.46. The number of piperidine rings is 1. The van der Waals surface area contributed by atoms with Gasteiger partial charge in [0.05, 0.1) is 5.56 Å². The summed E-state index contributed by atoms with van der Waals surface area (Å²) in [5.41, 5.74) is 0.687. The van der Waals surface area contributed by atoms with Crippen molar-refractivity contribution in [2.45, 2.75) is 70.6 Å². The summed E-state index contributed by atoms with van der Waals surface area (Å²) in [6.07, 6.45) is 6.38. The van der Waals surface area contributed by atoms with Crippen LogP contribution in [-0.2, 0) is 0 Å². The van der Waals surface area contributed by atoms with Crippen molar-refractivity contribution in [3.05, 3.63) is 23.9 Å². The van der Waals surface area contributed by atoms with Crippen LogP contribution in [0.4, 0.5) is 5.82 Å². The number of amides is 1. The van der Waals surface area contributed by atoms with Crippen LogP contribution in [0, 0.1) is 0 Å². The molecule has 2 atom stereocenters. The molecule has 2 aliphatic heterocycles. The van der Waals surface area contributed by atoms with Gasteiger partial charge < -0.3 is 15.1 Å². The third-order valence-corrected chi connectivity index (χ3v) is 5.57. The first-order valence-electron chi connectivity index (χ1n) is 9.25. The molecule has 0 aliphatic carbocycles. The number of fused-ring (bicyclic) bond motifs is 2. The van der Waals surface area contributed by atoms with E-state index in [1.807, 2.05) is 24.1 Å². The summed E-state index contributed by atoms with van der Waals surface area (Å²) in [5.74, 6) is 1.03. The van der Waals surface area contributed by atoms with Gasteiger partial charge in [-0.1, -0.05) is 0 Å². The molecule has 0 saturated carbocycles. The highest BCUT2D eigenvalue weighted by Gasteiger charge is 2.36. The molecule has 1 amide bonds. The number of anilines is 1. The van der Waals surface area contributed by atoms with Gasteiger partial charge in [0, 0.05) is 44.0 Å². The number of pyridine rings is 1. The van der Waals surface area contributed by atoms with Crippen LogP contribution in [0.15, 0.2) is 18.3 Å². The van der Waals surface area contributed by atoms with Gasteiger partial charge >= 0.3 is 0 Å². The molecule has 2 aliphatic rings. The number of nitrogens with zero attached hydrogens (tertiary/aromatic N) is 3. The average molecular weight is 330 g/mol. The molecule has 3 rings (SSSR count). The molecule has 0 spiro atoms. The number of carbonyl (C=O) groups is 1. The fraction of sp³-hybridized carbons (Fsp3) is 0.684. The van der Waals surface area contributed by atoms with Crippen LogP contribution in [0.25, 0.3) is 0 Å². The van der Waals surface area contributed by atoms with Gasteiger partial charge in [0.15, 0.2) is 0 Å². The Labute approximate surface area is 145 Å². The van der Waals surface area contributed by atoms with E-state index in [-0.39, 0.29) is 5.91 Å². The fourth-order valence-corrected chi connectivity index (χ4v) is 4.19. The highest BCUT2D eigenvalue weighted by atomic mass is 16.2. The van der Waals surface area contributed by atoms with Gasteiger partial charge in [-0.05, 0) is 58.6 Å². The lowest BCUT2D eigenvalue weighted by Gasteiger charge is -2.35. The normalized spacial score (nSPS) is 25.8. The predicted octanol–water partition coefficient (Wildman–Crippen LogP) is 2.67. The van der Waals surface area contributed by atoms with Crippen molar-refractivity contribution in [2.24, 2.45) is 0 Å². The zero-order valence-corrected chi connectivity index (χ0v) is 15.3. The Morgan fingerprint density at radius 3 is 2.46 bits per heavy atom. The zero-order chi connectivity index (χ0) is 17.3. The van der Waals surface area contributed by atoms with Crippen molar-refractivity contribution in [1.82, 2.24) is 15.2 Å². The van der Waals surface area contributed by atoms with Crippen LogP contribution in [0.5, 0.6) is 0 Å². The summed E-state index contributed by atoms with van der Waals surface area (Å²) in [6.45, 7) is 7.35. The topological polar surface area (TPSA) is 48.5 Å². The number of hydrogen-bond acceptors (Lipinski definition) is 4. The highest BCUT2D eigenvalue weighted by Crippen LogP contribution is 2.29. The number of rotatable bonds is 5. The van der Waals surface area contributed by atoms with Crippen molar-refractivity contribution in [3.63, 3.8) is 0 Å². The lowest BCUT2D eigenvalue weighted by Crippen LogP contribution is -2.48. The molecule has 24 heavy (non-hydrogen) atoms. The zero-order valence-electron chi connectivity index (χ0n) is 15.3. The predicted molar refractivity (Wildman–Crippen MR) is 97.5 cm³/mol. The molecule has 1 N–H and O–H groups in total. The largest absolute Gasteiger partial charge is 0.354 e. The summed E-state index contributed by atoms with van der Waals surface area (Å²) in [7, 11) is 1.94. The molecule has 0 radical (unpaired) electrons. The van der Waals surface area contributed by atoms with Gasteiger partial charge in [0.1, 0.15) is 5.82 Å². The third kappa shape index (κ3) is 3.41. The molecule has 0 aromatic carbocycles. The van der Waals surface area contributed by atoms with Crippen LogP contribution < -0.4 is 10.2 Å². The fourth-order valence-electron chi connectivity index (χ4n) is 4.19. The van der Waals surface area contributed by atoms with Gasteiger partial charge in [-0.25, -0.2) is 4.98 Å². The minimum atomic E-state index is 0.0907. The van der Waals surface area contributed by atoms with E-state index in [1.165, 1.54) is 12.8 Å². The van der Waals surface area contributed by atoms with Crippen molar-refractivity contribution in [2.75, 3.05) is 18.5 Å². The van der Waals surface area contributed by atoms with Gasteiger partial charge in [-0.2, -0.15) is 0 Å². The molecule has 1 aromatic rings. The molecular weight excluding hydrogens is 300 g/mol. The summed E-state index contributed by atoms with van der Waals surface area (Å²) in [4.78, 5) is 21.5. The first-order chi connectivity index (χ1) is 11.5. The summed E-state index contributed by atoms with van der Waals surface area (Å²) < 4.78 is 0. The van der Waals surface area contributed by atoms with Crippen LogP contribution in [0.1, 0.15) is 56.8 Å². The molecule has 2 unspecified atom stereocenters. The molecule has 5 nitrogen and oxygen atoms in total. The van der Waals surface area contributed by atoms with E-state index in [0.29, 0.717) is 29.7 Å². The number of nitrogens with one attached hydrogen (secondary N) is 1. The highest BCUT2D eigenvalue weighted by molar-refractivity contribution is 5.94. The SMILES string of the molecule is CCN(c1ccc(C(=O)N(C)C2CC3CCC(C2)N3)cn1)C(C)C. The van der Waals surface area contributed by atoms with E-state index in [4.69, 9.17) is 0 Å². The summed E-state index contributed by atoms with van der Waals surface area (Å²) in [5, 5.41) is 3.63. The van der Waals surface area contributed by atoms with E-state index in [9.17, 15) is 4.79 Å². The van der Waals surface area contributed by atoms with E-state index in [1.54, 1.807) is 6.20 Å². The quantitative estimate of drug-likeness (QED) is 0.902. The minimum absolute atomic E-state index is 0.0907. The lowest BCUT2D eigenvalue weighted by atomic mass is 9.98. The number of carbonyl (C=O) groups excluding carboxylic acids is 1. The van der Waals surface area contributed by atoms with Crippen LogP contribution in [0.3, 0.4) is 0 Å². The Hall–Kier alpha value is -1.62. The third-order valence-electron chi connectivity index (χ3n) is 5.57. The van der Waals surface area contributed by atoms with Crippen molar-refractivity contribution >= 4 is 11.7 Å². The Kier molecular flexibility index (Phi) is 5.09. The van der Waals surface area contributed by atoms with E-state index in [0.717, 1.165) is 25.2 Å². The molecule has 2 saturated heterocycles. The van der Waals surface area contributed by atoms with E-state index < -0.39 is 0 Å². The van der Waals surface area contributed by atoms with Crippen LogP contribution in [-0.4, -0.2) is 53.6 Å². The summed E-state index contributed by atoms with van der Waals surface area (Å²) in [6, 6.07) is 5.82. The molecular formula is C19H30N4O. The Balaban J connectivity index is 1.68. The molecule has 3 heterocycles. The molecule has 5 heteroatoms. The molecule has 1 aromatic heterocycles. The first kappa shape index (κ1) is 17.2. The Morgan fingerprint density at radius 2 is 1.96 bits per heavy atom. The van der Waals surface area contributed by atoms with Crippen LogP contribution >= 0.6 is 0 Å². The Bertz CT molecular complexity index is 559. The first-order valence-corrected chi connectivity index (χ1v) is 9.25. The maximum atomic E-state index is 12.8. The van der Waals surface area contributed by atoms with Crippen molar-refractivity contribution < 1.29 is 4.79 Å². The number of hydrogen-bond donors (Lipinski definition) is 1. The lowest BCUT2D eigenvalue weighted by molar-refractivity contribution is 0.0681. The molecule has 132 valence electrons. The van der Waals surface area contributed by atoms with Gasteiger partial charge in [-0.15, -0.1) is 0 Å². The monoisotopic (exact) mass is 330 g/mol. The van der Waals surface area contributed by atoms with E-state index in [2.05, 4.69) is 36.0 Å². The van der Waals surface area contributed by atoms with Crippen molar-refractivity contribution in [3.8, 4) is 0 Å². The van der Waals surface area contributed by atoms with Crippen molar-refractivity contribution in [1.29, 1.82) is 0 Å². The molecule has 2 fully saturated rings. The maximum absolute atomic E-state index is 12.8. The number of aromatic nitrogens is 1. The van der Waals surface area contributed by atoms with Gasteiger partial charge in [-0.3, -0.25) is 4.79 Å². The average Bonchev–Trinajstić information content (AvgIpc) is 2.92. The van der Waals surface area contributed by atoms with Gasteiger partial charge in [0.2, 0.25) is 0 Å². The Morgan fingerprint density at radius 1 is 1.29 bits per heavy atom. The smallest absolute Gasteiger partial charge is 0.255 e.